The van der Waals surface area contributed by atoms with Gasteiger partial charge in [-0.1, -0.05) is 45.2 Å². The molecule has 0 fully saturated rings. The van der Waals surface area contributed by atoms with Gasteiger partial charge >= 0.3 is 0 Å². The SMILES string of the molecule is CCCCC(CC)CNS(=O)(=O)c1ccc(C(C)O)cc1. The molecule has 120 valence electrons. The topological polar surface area (TPSA) is 66.4 Å². The Kier molecular flexibility index (Phi) is 7.35. The average Bonchev–Trinajstić information content (AvgIpc) is 2.47. The zero-order valence-corrected chi connectivity index (χ0v) is 14.0. The van der Waals surface area contributed by atoms with Gasteiger partial charge in [0.25, 0.3) is 0 Å². The maximum Gasteiger partial charge on any atom is 0.240 e. The van der Waals surface area contributed by atoms with E-state index < -0.39 is 16.1 Å². The monoisotopic (exact) mass is 313 g/mol. The molecule has 4 nitrogen and oxygen atoms in total. The van der Waals surface area contributed by atoms with Gasteiger partial charge in [0.1, 0.15) is 0 Å². The molecule has 0 amide bonds. The van der Waals surface area contributed by atoms with E-state index in [9.17, 15) is 13.5 Å². The highest BCUT2D eigenvalue weighted by atomic mass is 32.2. The lowest BCUT2D eigenvalue weighted by molar-refractivity contribution is 0.199. The third-order valence-electron chi connectivity index (χ3n) is 3.78. The number of unbranched alkanes of at least 4 members (excludes halogenated alkanes) is 1. The zero-order chi connectivity index (χ0) is 15.9. The number of aliphatic hydroxyl groups excluding tert-OH is 1. The summed E-state index contributed by atoms with van der Waals surface area (Å²) in [6.45, 7) is 6.37. The summed E-state index contributed by atoms with van der Waals surface area (Å²) in [6.07, 6.45) is 3.70. The van der Waals surface area contributed by atoms with Crippen LogP contribution in [0.5, 0.6) is 0 Å². The van der Waals surface area contributed by atoms with Gasteiger partial charge in [-0.2, -0.15) is 0 Å². The summed E-state index contributed by atoms with van der Waals surface area (Å²) >= 11 is 0. The quantitative estimate of drug-likeness (QED) is 0.735. The van der Waals surface area contributed by atoms with E-state index in [1.165, 1.54) is 12.1 Å². The van der Waals surface area contributed by atoms with Crippen molar-refractivity contribution in [2.75, 3.05) is 6.54 Å². The molecule has 0 spiro atoms. The van der Waals surface area contributed by atoms with Crippen LogP contribution < -0.4 is 4.72 Å². The van der Waals surface area contributed by atoms with Crippen molar-refractivity contribution in [2.45, 2.75) is 57.5 Å². The van der Waals surface area contributed by atoms with Crippen LogP contribution in [0.15, 0.2) is 29.2 Å². The molecule has 21 heavy (non-hydrogen) atoms. The first-order valence-corrected chi connectivity index (χ1v) is 9.16. The minimum absolute atomic E-state index is 0.247. The lowest BCUT2D eigenvalue weighted by atomic mass is 10.00. The van der Waals surface area contributed by atoms with E-state index in [1.807, 2.05) is 0 Å². The van der Waals surface area contributed by atoms with Crippen molar-refractivity contribution in [3.8, 4) is 0 Å². The van der Waals surface area contributed by atoms with Crippen molar-refractivity contribution in [1.29, 1.82) is 0 Å². The predicted octanol–water partition coefficient (Wildman–Crippen LogP) is 3.23. The molecule has 0 saturated heterocycles. The zero-order valence-electron chi connectivity index (χ0n) is 13.2. The third kappa shape index (κ3) is 5.77. The second-order valence-corrected chi connectivity index (χ2v) is 7.28. The molecule has 2 unspecified atom stereocenters. The summed E-state index contributed by atoms with van der Waals surface area (Å²) in [4.78, 5) is 0.247. The maximum atomic E-state index is 12.2. The average molecular weight is 313 g/mol. The van der Waals surface area contributed by atoms with Crippen LogP contribution in [-0.2, 0) is 10.0 Å². The van der Waals surface area contributed by atoms with Crippen molar-refractivity contribution in [3.05, 3.63) is 29.8 Å². The van der Waals surface area contributed by atoms with Crippen molar-refractivity contribution in [1.82, 2.24) is 4.72 Å². The fourth-order valence-electron chi connectivity index (χ4n) is 2.18. The van der Waals surface area contributed by atoms with Gasteiger partial charge in [-0.15, -0.1) is 0 Å². The lowest BCUT2D eigenvalue weighted by Crippen LogP contribution is -2.29. The number of nitrogens with one attached hydrogen (secondary N) is 1. The van der Waals surface area contributed by atoms with Crippen LogP contribution in [0.1, 0.15) is 58.1 Å². The number of hydrogen-bond donors (Lipinski definition) is 2. The maximum absolute atomic E-state index is 12.2. The first-order chi connectivity index (χ1) is 9.90. The second-order valence-electron chi connectivity index (χ2n) is 5.51. The van der Waals surface area contributed by atoms with E-state index in [2.05, 4.69) is 18.6 Å². The minimum atomic E-state index is -3.46. The molecule has 1 aromatic carbocycles. The molecule has 0 aromatic heterocycles. The van der Waals surface area contributed by atoms with E-state index >= 15 is 0 Å². The summed E-state index contributed by atoms with van der Waals surface area (Å²) < 4.78 is 27.2. The standard InChI is InChI=1S/C16H27NO3S/c1-4-6-7-14(5-2)12-17-21(19,20)16-10-8-15(9-11-16)13(3)18/h8-11,13-14,17-18H,4-7,12H2,1-3H3. The van der Waals surface area contributed by atoms with Gasteiger partial charge in [0.15, 0.2) is 0 Å². The first kappa shape index (κ1) is 18.1. The summed E-state index contributed by atoms with van der Waals surface area (Å²) in [7, 11) is -3.46. The number of sulfonamides is 1. The number of aliphatic hydroxyl groups is 1. The fourth-order valence-corrected chi connectivity index (χ4v) is 3.30. The van der Waals surface area contributed by atoms with Crippen LogP contribution in [-0.4, -0.2) is 20.1 Å². The Hall–Kier alpha value is -0.910. The van der Waals surface area contributed by atoms with E-state index in [0.29, 0.717) is 18.0 Å². The van der Waals surface area contributed by atoms with Crippen LogP contribution in [0, 0.1) is 5.92 Å². The second kappa shape index (κ2) is 8.51. The highest BCUT2D eigenvalue weighted by Gasteiger charge is 2.16. The molecule has 2 atom stereocenters. The smallest absolute Gasteiger partial charge is 0.240 e. The Bertz CT molecular complexity index is 509. The van der Waals surface area contributed by atoms with E-state index in [-0.39, 0.29) is 4.90 Å². The molecule has 0 bridgehead atoms. The van der Waals surface area contributed by atoms with Crippen LogP contribution in [0.2, 0.25) is 0 Å². The molecule has 0 aliphatic carbocycles. The van der Waals surface area contributed by atoms with Crippen molar-refractivity contribution < 1.29 is 13.5 Å². The third-order valence-corrected chi connectivity index (χ3v) is 5.22. The van der Waals surface area contributed by atoms with Crippen molar-refractivity contribution in [3.63, 3.8) is 0 Å². The molecule has 1 rings (SSSR count). The number of hydrogen-bond acceptors (Lipinski definition) is 3. The van der Waals surface area contributed by atoms with Gasteiger partial charge in [-0.3, -0.25) is 0 Å². The van der Waals surface area contributed by atoms with Gasteiger partial charge < -0.3 is 5.11 Å². The molecule has 0 heterocycles. The Labute approximate surface area is 128 Å². The molecule has 1 aromatic rings. The summed E-state index contributed by atoms with van der Waals surface area (Å²) in [6, 6.07) is 6.37. The molecule has 0 aliphatic heterocycles. The predicted molar refractivity (Wildman–Crippen MR) is 85.6 cm³/mol. The van der Waals surface area contributed by atoms with Crippen LogP contribution in [0.4, 0.5) is 0 Å². The highest BCUT2D eigenvalue weighted by Crippen LogP contribution is 2.17. The molecule has 2 N–H and O–H groups in total. The van der Waals surface area contributed by atoms with Crippen molar-refractivity contribution >= 4 is 10.0 Å². The van der Waals surface area contributed by atoms with Crippen LogP contribution >= 0.6 is 0 Å². The molecular weight excluding hydrogens is 286 g/mol. The first-order valence-electron chi connectivity index (χ1n) is 7.68. The summed E-state index contributed by atoms with van der Waals surface area (Å²) in [5.74, 6) is 0.386. The van der Waals surface area contributed by atoms with E-state index in [1.54, 1.807) is 19.1 Å². The van der Waals surface area contributed by atoms with Crippen LogP contribution in [0.3, 0.4) is 0 Å². The fraction of sp³-hybridized carbons (Fsp3) is 0.625. The molecule has 0 saturated carbocycles. The molecule has 5 heteroatoms. The van der Waals surface area contributed by atoms with Gasteiger partial charge in [-0.25, -0.2) is 13.1 Å². The Morgan fingerprint density at radius 3 is 2.29 bits per heavy atom. The highest BCUT2D eigenvalue weighted by molar-refractivity contribution is 7.89. The minimum Gasteiger partial charge on any atom is -0.389 e. The Morgan fingerprint density at radius 1 is 1.19 bits per heavy atom. The van der Waals surface area contributed by atoms with Gasteiger partial charge in [0, 0.05) is 6.54 Å². The lowest BCUT2D eigenvalue weighted by Gasteiger charge is -2.15. The Balaban J connectivity index is 2.68. The van der Waals surface area contributed by atoms with Gasteiger partial charge in [0.2, 0.25) is 10.0 Å². The largest absolute Gasteiger partial charge is 0.389 e. The number of rotatable bonds is 9. The number of benzene rings is 1. The van der Waals surface area contributed by atoms with Gasteiger partial charge in [-0.05, 0) is 37.0 Å². The van der Waals surface area contributed by atoms with E-state index in [0.717, 1.165) is 25.7 Å². The van der Waals surface area contributed by atoms with Crippen molar-refractivity contribution in [2.24, 2.45) is 5.92 Å². The Morgan fingerprint density at radius 2 is 1.81 bits per heavy atom. The van der Waals surface area contributed by atoms with Crippen LogP contribution in [0.25, 0.3) is 0 Å². The molecular formula is C16H27NO3S. The molecule has 0 aliphatic rings. The summed E-state index contributed by atoms with van der Waals surface area (Å²) in [5, 5.41) is 9.44. The van der Waals surface area contributed by atoms with Gasteiger partial charge in [0.05, 0.1) is 11.0 Å². The molecule has 0 radical (unpaired) electrons. The normalized spacial score (nSPS) is 14.9. The van der Waals surface area contributed by atoms with E-state index in [4.69, 9.17) is 0 Å². The summed E-state index contributed by atoms with van der Waals surface area (Å²) in [5.41, 5.74) is 0.711.